The first-order valence-electron chi connectivity index (χ1n) is 6.35. The third-order valence-electron chi connectivity index (χ3n) is 3.14. The molecule has 0 saturated heterocycles. The van der Waals surface area contributed by atoms with Crippen molar-refractivity contribution in [1.29, 1.82) is 0 Å². The first-order chi connectivity index (χ1) is 10.1. The first-order valence-corrected chi connectivity index (χ1v) is 6.35. The van der Waals surface area contributed by atoms with Crippen molar-refractivity contribution in [2.45, 2.75) is 0 Å². The molecule has 1 amide bonds. The molecule has 3 aromatic rings. The number of halogens is 1. The number of amides is 1. The van der Waals surface area contributed by atoms with Crippen LogP contribution in [0.1, 0.15) is 10.4 Å². The number of anilines is 2. The summed E-state index contributed by atoms with van der Waals surface area (Å²) in [5.41, 5.74) is 6.84. The molecule has 0 unspecified atom stereocenters. The Hall–Kier alpha value is -2.95. The summed E-state index contributed by atoms with van der Waals surface area (Å²) in [6.07, 6.45) is 1.63. The van der Waals surface area contributed by atoms with Crippen LogP contribution in [0.25, 0.3) is 10.9 Å². The molecule has 0 aliphatic rings. The molecule has 5 heteroatoms. The Labute approximate surface area is 120 Å². The molecule has 0 aliphatic heterocycles. The monoisotopic (exact) mass is 281 g/mol. The lowest BCUT2D eigenvalue weighted by Gasteiger charge is -2.08. The molecule has 0 atom stereocenters. The minimum absolute atomic E-state index is 0.0415. The van der Waals surface area contributed by atoms with Gasteiger partial charge in [0, 0.05) is 17.3 Å². The quantitative estimate of drug-likeness (QED) is 0.709. The van der Waals surface area contributed by atoms with Crippen molar-refractivity contribution in [3.8, 4) is 0 Å². The SMILES string of the molecule is Nc1ccc(NC(=O)c2cccc3cccnc23)cc1F. The summed E-state index contributed by atoms with van der Waals surface area (Å²) in [7, 11) is 0. The van der Waals surface area contributed by atoms with E-state index in [0.29, 0.717) is 16.8 Å². The van der Waals surface area contributed by atoms with Gasteiger partial charge in [0.2, 0.25) is 0 Å². The average Bonchev–Trinajstić information content (AvgIpc) is 2.50. The zero-order chi connectivity index (χ0) is 14.8. The van der Waals surface area contributed by atoms with Crippen molar-refractivity contribution in [2.24, 2.45) is 0 Å². The molecule has 4 nitrogen and oxygen atoms in total. The predicted octanol–water partition coefficient (Wildman–Crippen LogP) is 3.21. The summed E-state index contributed by atoms with van der Waals surface area (Å²) in [5, 5.41) is 3.51. The van der Waals surface area contributed by atoms with Gasteiger partial charge in [-0.1, -0.05) is 18.2 Å². The second-order valence-corrected chi connectivity index (χ2v) is 4.57. The Morgan fingerprint density at radius 3 is 2.76 bits per heavy atom. The highest BCUT2D eigenvalue weighted by atomic mass is 19.1. The number of rotatable bonds is 2. The standard InChI is InChI=1S/C16H12FN3O/c17-13-9-11(6-7-14(13)18)20-16(21)12-5-1-3-10-4-2-8-19-15(10)12/h1-9H,18H2,(H,20,21). The van der Waals surface area contributed by atoms with E-state index in [1.807, 2.05) is 12.1 Å². The molecule has 3 rings (SSSR count). The number of pyridine rings is 1. The molecule has 21 heavy (non-hydrogen) atoms. The topological polar surface area (TPSA) is 68.0 Å². The third-order valence-corrected chi connectivity index (χ3v) is 3.14. The second kappa shape index (κ2) is 5.20. The fraction of sp³-hybridized carbons (Fsp3) is 0. The summed E-state index contributed by atoms with van der Waals surface area (Å²) < 4.78 is 13.4. The lowest BCUT2D eigenvalue weighted by atomic mass is 10.1. The molecule has 1 heterocycles. The highest BCUT2D eigenvalue weighted by Gasteiger charge is 2.11. The lowest BCUT2D eigenvalue weighted by Crippen LogP contribution is -2.13. The summed E-state index contributed by atoms with van der Waals surface area (Å²) >= 11 is 0. The molecule has 2 aromatic carbocycles. The predicted molar refractivity (Wildman–Crippen MR) is 80.5 cm³/mol. The van der Waals surface area contributed by atoms with Crippen LogP contribution < -0.4 is 11.1 Å². The summed E-state index contributed by atoms with van der Waals surface area (Å²) in [6, 6.07) is 13.2. The largest absolute Gasteiger partial charge is 0.396 e. The Kier molecular flexibility index (Phi) is 3.23. The van der Waals surface area contributed by atoms with E-state index in [1.165, 1.54) is 12.1 Å². The normalized spacial score (nSPS) is 10.5. The van der Waals surface area contributed by atoms with Crippen LogP contribution in [0, 0.1) is 5.82 Å². The van der Waals surface area contributed by atoms with Crippen LogP contribution in [0.4, 0.5) is 15.8 Å². The van der Waals surface area contributed by atoms with Crippen LogP contribution in [0.15, 0.2) is 54.7 Å². The van der Waals surface area contributed by atoms with E-state index in [0.717, 1.165) is 5.39 Å². The Bertz CT molecular complexity index is 827. The van der Waals surface area contributed by atoms with E-state index in [4.69, 9.17) is 5.73 Å². The fourth-order valence-corrected chi connectivity index (χ4v) is 2.09. The van der Waals surface area contributed by atoms with Crippen LogP contribution in [-0.4, -0.2) is 10.9 Å². The number of benzene rings is 2. The lowest BCUT2D eigenvalue weighted by molar-refractivity contribution is 0.102. The van der Waals surface area contributed by atoms with Gasteiger partial charge >= 0.3 is 0 Å². The number of para-hydroxylation sites is 1. The fourth-order valence-electron chi connectivity index (χ4n) is 2.09. The minimum atomic E-state index is -0.566. The molecule has 104 valence electrons. The number of carbonyl (C=O) groups excluding carboxylic acids is 1. The second-order valence-electron chi connectivity index (χ2n) is 4.57. The van der Waals surface area contributed by atoms with Gasteiger partial charge in [-0.25, -0.2) is 4.39 Å². The molecule has 0 radical (unpaired) electrons. The zero-order valence-corrected chi connectivity index (χ0v) is 11.0. The number of nitrogens with one attached hydrogen (secondary N) is 1. The number of carbonyl (C=O) groups is 1. The summed E-state index contributed by atoms with van der Waals surface area (Å²) in [4.78, 5) is 16.5. The van der Waals surface area contributed by atoms with Crippen molar-refractivity contribution in [1.82, 2.24) is 4.98 Å². The number of nitrogen functional groups attached to an aromatic ring is 1. The zero-order valence-electron chi connectivity index (χ0n) is 11.0. The van der Waals surface area contributed by atoms with Gasteiger partial charge in [0.15, 0.2) is 0 Å². The molecule has 0 bridgehead atoms. The summed E-state index contributed by atoms with van der Waals surface area (Å²) in [5.74, 6) is -0.910. The van der Waals surface area contributed by atoms with E-state index >= 15 is 0 Å². The van der Waals surface area contributed by atoms with Crippen LogP contribution in [0.3, 0.4) is 0 Å². The number of hydrogen-bond donors (Lipinski definition) is 2. The number of aromatic nitrogens is 1. The van der Waals surface area contributed by atoms with Gasteiger partial charge in [0.1, 0.15) is 5.82 Å². The van der Waals surface area contributed by atoms with Crippen molar-refractivity contribution in [2.75, 3.05) is 11.1 Å². The van der Waals surface area contributed by atoms with Crippen LogP contribution in [0.5, 0.6) is 0 Å². The Morgan fingerprint density at radius 2 is 1.95 bits per heavy atom. The van der Waals surface area contributed by atoms with Crippen molar-refractivity contribution < 1.29 is 9.18 Å². The van der Waals surface area contributed by atoms with Crippen molar-refractivity contribution in [3.05, 3.63) is 66.1 Å². The number of hydrogen-bond acceptors (Lipinski definition) is 3. The Balaban J connectivity index is 1.95. The maximum Gasteiger partial charge on any atom is 0.257 e. The maximum absolute atomic E-state index is 13.4. The Morgan fingerprint density at radius 1 is 1.14 bits per heavy atom. The smallest absolute Gasteiger partial charge is 0.257 e. The van der Waals surface area contributed by atoms with E-state index in [9.17, 15) is 9.18 Å². The molecule has 1 aromatic heterocycles. The van der Waals surface area contributed by atoms with Crippen LogP contribution in [0.2, 0.25) is 0 Å². The maximum atomic E-state index is 13.4. The van der Waals surface area contributed by atoms with Crippen LogP contribution >= 0.6 is 0 Å². The highest BCUT2D eigenvalue weighted by molar-refractivity contribution is 6.11. The molecule has 0 fully saturated rings. The van der Waals surface area contributed by atoms with Gasteiger partial charge in [0.05, 0.1) is 16.8 Å². The number of nitrogens with two attached hydrogens (primary N) is 1. The van der Waals surface area contributed by atoms with Crippen molar-refractivity contribution in [3.63, 3.8) is 0 Å². The average molecular weight is 281 g/mol. The first kappa shape index (κ1) is 13.1. The van der Waals surface area contributed by atoms with E-state index < -0.39 is 5.82 Å². The number of fused-ring (bicyclic) bond motifs is 1. The van der Waals surface area contributed by atoms with E-state index in [2.05, 4.69) is 10.3 Å². The van der Waals surface area contributed by atoms with E-state index in [1.54, 1.807) is 30.5 Å². The van der Waals surface area contributed by atoms with Gasteiger partial charge < -0.3 is 11.1 Å². The molecular formula is C16H12FN3O. The highest BCUT2D eigenvalue weighted by Crippen LogP contribution is 2.19. The summed E-state index contributed by atoms with van der Waals surface area (Å²) in [6.45, 7) is 0. The van der Waals surface area contributed by atoms with E-state index in [-0.39, 0.29) is 11.6 Å². The molecular weight excluding hydrogens is 269 g/mol. The molecule has 3 N–H and O–H groups in total. The van der Waals surface area contributed by atoms with Crippen molar-refractivity contribution >= 4 is 28.2 Å². The third kappa shape index (κ3) is 2.53. The minimum Gasteiger partial charge on any atom is -0.396 e. The molecule has 0 aliphatic carbocycles. The van der Waals surface area contributed by atoms with Gasteiger partial charge in [-0.15, -0.1) is 0 Å². The number of nitrogens with zero attached hydrogens (tertiary/aromatic N) is 1. The van der Waals surface area contributed by atoms with Crippen LogP contribution in [-0.2, 0) is 0 Å². The molecule has 0 saturated carbocycles. The van der Waals surface area contributed by atoms with Gasteiger partial charge in [-0.2, -0.15) is 0 Å². The molecule has 0 spiro atoms. The van der Waals surface area contributed by atoms with Gasteiger partial charge in [-0.05, 0) is 30.3 Å². The van der Waals surface area contributed by atoms with Gasteiger partial charge in [-0.3, -0.25) is 9.78 Å². The van der Waals surface area contributed by atoms with Gasteiger partial charge in [0.25, 0.3) is 5.91 Å².